The van der Waals surface area contributed by atoms with Crippen molar-refractivity contribution in [1.82, 2.24) is 19.7 Å². The van der Waals surface area contributed by atoms with Crippen LogP contribution in [0.2, 0.25) is 0 Å². The molecule has 1 atom stereocenters. The highest BCUT2D eigenvalue weighted by atomic mass is 16.5. The van der Waals surface area contributed by atoms with Gasteiger partial charge in [-0.3, -0.25) is 4.98 Å². The van der Waals surface area contributed by atoms with E-state index in [-0.39, 0.29) is 6.23 Å². The van der Waals surface area contributed by atoms with E-state index in [1.165, 1.54) is 0 Å². The molecule has 8 heteroatoms. The van der Waals surface area contributed by atoms with E-state index >= 15 is 0 Å². The molecule has 5 rings (SSSR count). The molecule has 2 aliphatic rings. The highest BCUT2D eigenvalue weighted by Crippen LogP contribution is 2.33. The van der Waals surface area contributed by atoms with Gasteiger partial charge in [-0.05, 0) is 37.5 Å². The molecular formula is C20H24N6O2. The van der Waals surface area contributed by atoms with Crippen LogP contribution in [0.25, 0.3) is 22.3 Å². The minimum Gasteiger partial charge on any atom is -0.396 e. The number of fused-ring (bicyclic) bond motifs is 1. The number of pyridine rings is 2. The van der Waals surface area contributed by atoms with E-state index in [0.717, 1.165) is 67.1 Å². The summed E-state index contributed by atoms with van der Waals surface area (Å²) >= 11 is 0. The Bertz CT molecular complexity index is 976. The quantitative estimate of drug-likeness (QED) is 0.747. The number of anilines is 2. The van der Waals surface area contributed by atoms with Crippen LogP contribution >= 0.6 is 0 Å². The lowest BCUT2D eigenvalue weighted by atomic mass is 10.1. The topological polar surface area (TPSA) is 91.3 Å². The van der Waals surface area contributed by atoms with E-state index < -0.39 is 0 Å². The molecule has 8 nitrogen and oxygen atoms in total. The average molecular weight is 380 g/mol. The van der Waals surface area contributed by atoms with Crippen LogP contribution in [0.1, 0.15) is 25.5 Å². The Balaban J connectivity index is 1.61. The Morgan fingerprint density at radius 2 is 1.96 bits per heavy atom. The van der Waals surface area contributed by atoms with Gasteiger partial charge in [-0.25, -0.2) is 9.67 Å². The lowest BCUT2D eigenvalue weighted by Crippen LogP contribution is -2.37. The van der Waals surface area contributed by atoms with Gasteiger partial charge in [0, 0.05) is 37.5 Å². The molecule has 28 heavy (non-hydrogen) atoms. The number of nitrogens with two attached hydrogens (primary N) is 1. The van der Waals surface area contributed by atoms with Crippen LogP contribution in [-0.4, -0.2) is 52.7 Å². The third kappa shape index (κ3) is 3.08. The van der Waals surface area contributed by atoms with E-state index in [9.17, 15) is 0 Å². The van der Waals surface area contributed by atoms with Gasteiger partial charge >= 0.3 is 0 Å². The van der Waals surface area contributed by atoms with Crippen LogP contribution in [0.15, 0.2) is 30.6 Å². The predicted molar refractivity (Wildman–Crippen MR) is 107 cm³/mol. The van der Waals surface area contributed by atoms with Crippen LogP contribution in [0.4, 0.5) is 11.5 Å². The highest BCUT2D eigenvalue weighted by molar-refractivity contribution is 5.94. The largest absolute Gasteiger partial charge is 0.396 e. The fraction of sp³-hybridized carbons (Fsp3) is 0.450. The maximum Gasteiger partial charge on any atom is 0.152 e. The Morgan fingerprint density at radius 1 is 1.07 bits per heavy atom. The summed E-state index contributed by atoms with van der Waals surface area (Å²) in [6.45, 7) is 3.71. The van der Waals surface area contributed by atoms with Crippen molar-refractivity contribution in [2.75, 3.05) is 43.5 Å². The summed E-state index contributed by atoms with van der Waals surface area (Å²) in [5.74, 6) is 0.796. The number of rotatable bonds is 3. The molecule has 0 aromatic carbocycles. The lowest BCUT2D eigenvalue weighted by molar-refractivity contribution is -0.0383. The molecule has 1 unspecified atom stereocenters. The molecule has 0 amide bonds. The summed E-state index contributed by atoms with van der Waals surface area (Å²) in [5.41, 5.74) is 9.56. The first-order valence-electron chi connectivity index (χ1n) is 9.85. The Labute approximate surface area is 163 Å². The van der Waals surface area contributed by atoms with Gasteiger partial charge in [0.1, 0.15) is 11.2 Å². The van der Waals surface area contributed by atoms with Crippen LogP contribution in [0.5, 0.6) is 0 Å². The summed E-state index contributed by atoms with van der Waals surface area (Å²) in [6, 6.07) is 5.91. The summed E-state index contributed by atoms with van der Waals surface area (Å²) in [7, 11) is 0. The second-order valence-electron chi connectivity index (χ2n) is 7.21. The monoisotopic (exact) mass is 380 g/mol. The number of hydrogen-bond donors (Lipinski definition) is 1. The molecule has 0 radical (unpaired) electrons. The molecule has 146 valence electrons. The van der Waals surface area contributed by atoms with Gasteiger partial charge in [0.05, 0.1) is 24.6 Å². The maximum atomic E-state index is 6.33. The second-order valence-corrected chi connectivity index (χ2v) is 7.21. The molecule has 2 fully saturated rings. The van der Waals surface area contributed by atoms with E-state index in [4.69, 9.17) is 20.2 Å². The summed E-state index contributed by atoms with van der Waals surface area (Å²) < 4.78 is 13.3. The molecule has 2 aliphatic heterocycles. The minimum absolute atomic E-state index is 0.0525. The number of morpholine rings is 1. The third-order valence-corrected chi connectivity index (χ3v) is 5.39. The first-order chi connectivity index (χ1) is 13.8. The second kappa shape index (κ2) is 7.37. The zero-order valence-electron chi connectivity index (χ0n) is 15.8. The highest BCUT2D eigenvalue weighted by Gasteiger charge is 2.23. The fourth-order valence-corrected chi connectivity index (χ4v) is 3.97. The van der Waals surface area contributed by atoms with Crippen molar-refractivity contribution in [3.63, 3.8) is 0 Å². The summed E-state index contributed by atoms with van der Waals surface area (Å²) in [6.07, 6.45) is 6.74. The van der Waals surface area contributed by atoms with Crippen molar-refractivity contribution in [3.05, 3.63) is 30.6 Å². The molecule has 0 bridgehead atoms. The van der Waals surface area contributed by atoms with E-state index in [0.29, 0.717) is 18.9 Å². The number of aromatic nitrogens is 4. The van der Waals surface area contributed by atoms with E-state index in [1.54, 1.807) is 12.4 Å². The molecule has 0 saturated carbocycles. The molecule has 3 aromatic heterocycles. The predicted octanol–water partition coefficient (Wildman–Crippen LogP) is 2.61. The third-order valence-electron chi connectivity index (χ3n) is 5.39. The van der Waals surface area contributed by atoms with Crippen LogP contribution in [0, 0.1) is 0 Å². The van der Waals surface area contributed by atoms with Gasteiger partial charge in [-0.1, -0.05) is 0 Å². The molecule has 5 heterocycles. The minimum atomic E-state index is -0.0525. The lowest BCUT2D eigenvalue weighted by Gasteiger charge is -2.29. The Morgan fingerprint density at radius 3 is 2.79 bits per heavy atom. The smallest absolute Gasteiger partial charge is 0.152 e. The summed E-state index contributed by atoms with van der Waals surface area (Å²) in [5, 5.41) is 5.49. The summed E-state index contributed by atoms with van der Waals surface area (Å²) in [4.78, 5) is 11.8. The van der Waals surface area contributed by atoms with Crippen molar-refractivity contribution < 1.29 is 9.47 Å². The van der Waals surface area contributed by atoms with Gasteiger partial charge in [-0.15, -0.1) is 0 Å². The molecule has 2 saturated heterocycles. The number of nitrogen functional groups attached to an aromatic ring is 1. The van der Waals surface area contributed by atoms with Gasteiger partial charge in [-0.2, -0.15) is 5.10 Å². The van der Waals surface area contributed by atoms with Crippen molar-refractivity contribution in [2.45, 2.75) is 25.5 Å². The molecule has 0 spiro atoms. The molecule has 3 aromatic rings. The zero-order valence-corrected chi connectivity index (χ0v) is 15.8. The van der Waals surface area contributed by atoms with Crippen molar-refractivity contribution >= 4 is 22.4 Å². The van der Waals surface area contributed by atoms with Gasteiger partial charge < -0.3 is 20.1 Å². The van der Waals surface area contributed by atoms with Gasteiger partial charge in [0.15, 0.2) is 12.0 Å². The number of nitrogens with zero attached hydrogens (tertiary/aromatic N) is 5. The van der Waals surface area contributed by atoms with Gasteiger partial charge in [0.25, 0.3) is 0 Å². The van der Waals surface area contributed by atoms with Crippen molar-refractivity contribution in [1.29, 1.82) is 0 Å². The molecule has 2 N–H and O–H groups in total. The number of ether oxygens (including phenoxy) is 2. The average Bonchev–Trinajstić information content (AvgIpc) is 3.24. The van der Waals surface area contributed by atoms with E-state index in [1.807, 2.05) is 22.9 Å². The van der Waals surface area contributed by atoms with Crippen LogP contribution < -0.4 is 10.6 Å². The van der Waals surface area contributed by atoms with Crippen molar-refractivity contribution in [3.8, 4) is 11.4 Å². The standard InChI is InChI=1S/C20H24N6O2/c21-15-13-14-4-6-22-19(18(14)24-20(15)25-8-11-27-12-9-25)16-5-7-23-26(16)17-3-1-2-10-28-17/h4-7,13,17H,1-3,8-12,21H2. The Hall–Kier alpha value is -2.71. The van der Waals surface area contributed by atoms with Crippen LogP contribution in [-0.2, 0) is 9.47 Å². The maximum absolute atomic E-state index is 6.33. The van der Waals surface area contributed by atoms with Crippen LogP contribution in [0.3, 0.4) is 0 Å². The molecule has 0 aliphatic carbocycles. The first-order valence-corrected chi connectivity index (χ1v) is 9.85. The number of hydrogen-bond acceptors (Lipinski definition) is 7. The first kappa shape index (κ1) is 17.4. The van der Waals surface area contributed by atoms with E-state index in [2.05, 4.69) is 15.0 Å². The Kier molecular flexibility index (Phi) is 4.58. The SMILES string of the molecule is Nc1cc2ccnc(-c3ccnn3C3CCCCO3)c2nc1N1CCOCC1. The zero-order chi connectivity index (χ0) is 18.9. The fourth-order valence-electron chi connectivity index (χ4n) is 3.97. The normalized spacial score (nSPS) is 20.6. The van der Waals surface area contributed by atoms with Gasteiger partial charge in [0.2, 0.25) is 0 Å². The van der Waals surface area contributed by atoms with Crippen molar-refractivity contribution in [2.24, 2.45) is 0 Å². The molecular weight excluding hydrogens is 356 g/mol.